The molecule has 2 rings (SSSR count). The molecule has 0 heterocycles. The van der Waals surface area contributed by atoms with Gasteiger partial charge in [0.25, 0.3) is 0 Å². The number of fused-ring (bicyclic) bond motifs is 1. The number of aromatic hydroxyl groups is 1. The highest BCUT2D eigenvalue weighted by Gasteiger charge is 2.20. The van der Waals surface area contributed by atoms with E-state index in [9.17, 15) is 5.11 Å². The van der Waals surface area contributed by atoms with Crippen LogP contribution >= 0.6 is 0 Å². The standard InChI is InChI=1S/C8H9N2O/c9-7-5-2-1-4(5)3-6(11)8(7)10/h11H,1-2,9-10H2. The average Bonchev–Trinajstić information content (AvgIpc) is 1.93. The van der Waals surface area contributed by atoms with Gasteiger partial charge in [0.2, 0.25) is 0 Å². The Morgan fingerprint density at radius 3 is 2.45 bits per heavy atom. The molecular formula is C8H9N2O. The smallest absolute Gasteiger partial charge is 0.148 e. The summed E-state index contributed by atoms with van der Waals surface area (Å²) < 4.78 is 0. The molecule has 0 saturated carbocycles. The lowest BCUT2D eigenvalue weighted by atomic mass is 9.86. The molecule has 1 aromatic carbocycles. The number of hydrogen-bond acceptors (Lipinski definition) is 3. The van der Waals surface area contributed by atoms with Crippen LogP contribution in [0.2, 0.25) is 0 Å². The maximum absolute atomic E-state index is 9.18. The number of phenolic OH excluding ortho intramolecular Hbond substituents is 1. The van der Waals surface area contributed by atoms with Crippen LogP contribution < -0.4 is 11.5 Å². The minimum Gasteiger partial charge on any atom is -0.505 e. The molecule has 3 nitrogen and oxygen atoms in total. The molecule has 0 bridgehead atoms. The molecule has 11 heavy (non-hydrogen) atoms. The molecule has 0 saturated heterocycles. The van der Waals surface area contributed by atoms with Crippen molar-refractivity contribution in [3.8, 4) is 5.75 Å². The Hall–Kier alpha value is -1.38. The van der Waals surface area contributed by atoms with Crippen molar-refractivity contribution < 1.29 is 5.11 Å². The molecule has 0 unspecified atom stereocenters. The summed E-state index contributed by atoms with van der Waals surface area (Å²) in [5.41, 5.74) is 14.0. The van der Waals surface area contributed by atoms with Gasteiger partial charge in [0.1, 0.15) is 5.75 Å². The van der Waals surface area contributed by atoms with E-state index in [1.165, 1.54) is 0 Å². The van der Waals surface area contributed by atoms with Gasteiger partial charge in [-0.1, -0.05) is 0 Å². The summed E-state index contributed by atoms with van der Waals surface area (Å²) in [6.45, 7) is 0. The summed E-state index contributed by atoms with van der Waals surface area (Å²) in [5.74, 6) is -0.0130. The molecule has 3 heteroatoms. The van der Waals surface area contributed by atoms with Crippen LogP contribution in [0.25, 0.3) is 0 Å². The molecule has 5 N–H and O–H groups in total. The second-order valence-corrected chi connectivity index (χ2v) is 2.76. The van der Waals surface area contributed by atoms with Crippen molar-refractivity contribution in [2.75, 3.05) is 11.5 Å². The lowest BCUT2D eigenvalue weighted by molar-refractivity contribution is 0.475. The van der Waals surface area contributed by atoms with E-state index in [1.807, 2.05) is 0 Å². The number of aryl methyl sites for hydroxylation is 1. The summed E-state index contributed by atoms with van der Waals surface area (Å²) in [5, 5.41) is 9.18. The first-order valence-electron chi connectivity index (χ1n) is 3.51. The molecule has 0 spiro atoms. The third-order valence-corrected chi connectivity index (χ3v) is 2.13. The van der Waals surface area contributed by atoms with Gasteiger partial charge in [-0.15, -0.1) is 0 Å². The van der Waals surface area contributed by atoms with E-state index < -0.39 is 0 Å². The highest BCUT2D eigenvalue weighted by atomic mass is 16.3. The summed E-state index contributed by atoms with van der Waals surface area (Å²) in [6.07, 6.45) is 1.91. The lowest BCUT2D eigenvalue weighted by Crippen LogP contribution is -2.13. The van der Waals surface area contributed by atoms with Crippen molar-refractivity contribution in [1.82, 2.24) is 0 Å². The highest BCUT2D eigenvalue weighted by Crippen LogP contribution is 2.37. The quantitative estimate of drug-likeness (QED) is 0.370. The van der Waals surface area contributed by atoms with Crippen molar-refractivity contribution >= 4 is 11.4 Å². The average molecular weight is 149 g/mol. The van der Waals surface area contributed by atoms with E-state index in [1.54, 1.807) is 0 Å². The third-order valence-electron chi connectivity index (χ3n) is 2.13. The first-order valence-corrected chi connectivity index (χ1v) is 3.51. The molecule has 0 fully saturated rings. The lowest BCUT2D eigenvalue weighted by Gasteiger charge is -2.21. The van der Waals surface area contributed by atoms with Crippen LogP contribution in [-0.2, 0) is 12.8 Å². The van der Waals surface area contributed by atoms with Gasteiger partial charge >= 0.3 is 0 Å². The van der Waals surface area contributed by atoms with E-state index in [0.29, 0.717) is 5.69 Å². The topological polar surface area (TPSA) is 72.3 Å². The predicted octanol–water partition coefficient (Wildman–Crippen LogP) is 0.455. The van der Waals surface area contributed by atoms with Gasteiger partial charge in [0.05, 0.1) is 11.4 Å². The maximum atomic E-state index is 9.18. The fourth-order valence-corrected chi connectivity index (χ4v) is 1.31. The Bertz CT molecular complexity index is 306. The van der Waals surface area contributed by atoms with Crippen LogP contribution in [0.5, 0.6) is 5.75 Å². The molecule has 1 aliphatic rings. The fourth-order valence-electron chi connectivity index (χ4n) is 1.31. The fraction of sp³-hybridized carbons (Fsp3) is 0.250. The van der Waals surface area contributed by atoms with Crippen LogP contribution in [0.4, 0.5) is 11.4 Å². The van der Waals surface area contributed by atoms with Crippen LogP contribution in [0, 0.1) is 6.07 Å². The molecule has 0 aromatic heterocycles. The summed E-state index contributed by atoms with van der Waals surface area (Å²) >= 11 is 0. The Kier molecular flexibility index (Phi) is 1.04. The van der Waals surface area contributed by atoms with E-state index in [-0.39, 0.29) is 11.4 Å². The molecule has 0 aliphatic heterocycles. The normalized spacial score (nSPS) is 13.8. The van der Waals surface area contributed by atoms with E-state index in [2.05, 4.69) is 6.07 Å². The Labute approximate surface area is 64.6 Å². The van der Waals surface area contributed by atoms with Crippen molar-refractivity contribution in [2.24, 2.45) is 0 Å². The van der Waals surface area contributed by atoms with Crippen molar-refractivity contribution in [2.45, 2.75) is 12.8 Å². The first kappa shape index (κ1) is 6.34. The molecule has 1 radical (unpaired) electrons. The number of nitrogen functional groups attached to an aromatic ring is 2. The highest BCUT2D eigenvalue weighted by molar-refractivity contribution is 5.76. The number of anilines is 2. The van der Waals surface area contributed by atoms with Crippen molar-refractivity contribution in [3.63, 3.8) is 0 Å². The monoisotopic (exact) mass is 149 g/mol. The molecule has 57 valence electrons. The van der Waals surface area contributed by atoms with Gasteiger partial charge in [-0.05, 0) is 24.0 Å². The van der Waals surface area contributed by atoms with Gasteiger partial charge in [0, 0.05) is 6.07 Å². The van der Waals surface area contributed by atoms with E-state index >= 15 is 0 Å². The Balaban J connectivity index is 2.70. The number of phenols is 1. The second-order valence-electron chi connectivity index (χ2n) is 2.76. The summed E-state index contributed by atoms with van der Waals surface area (Å²) in [4.78, 5) is 0. The largest absolute Gasteiger partial charge is 0.505 e. The zero-order chi connectivity index (χ0) is 8.01. The minimum absolute atomic E-state index is 0.0130. The van der Waals surface area contributed by atoms with Crippen LogP contribution in [0.15, 0.2) is 0 Å². The van der Waals surface area contributed by atoms with Crippen molar-refractivity contribution in [3.05, 3.63) is 17.2 Å². The molecule has 1 aliphatic carbocycles. The Morgan fingerprint density at radius 2 is 1.91 bits per heavy atom. The number of benzene rings is 1. The van der Waals surface area contributed by atoms with Crippen molar-refractivity contribution in [1.29, 1.82) is 0 Å². The SMILES string of the molecule is Nc1c(O)[c]c2c(c1N)CC2. The number of rotatable bonds is 0. The summed E-state index contributed by atoms with van der Waals surface area (Å²) in [7, 11) is 0. The van der Waals surface area contributed by atoms with E-state index in [0.717, 1.165) is 24.0 Å². The first-order chi connectivity index (χ1) is 5.20. The minimum atomic E-state index is -0.0130. The van der Waals surface area contributed by atoms with Gasteiger partial charge in [-0.25, -0.2) is 0 Å². The molecule has 0 atom stereocenters. The second kappa shape index (κ2) is 1.81. The zero-order valence-corrected chi connectivity index (χ0v) is 6.02. The third kappa shape index (κ3) is 0.677. The molecular weight excluding hydrogens is 140 g/mol. The Morgan fingerprint density at radius 1 is 1.18 bits per heavy atom. The maximum Gasteiger partial charge on any atom is 0.148 e. The molecule has 0 amide bonds. The zero-order valence-electron chi connectivity index (χ0n) is 6.02. The van der Waals surface area contributed by atoms with E-state index in [4.69, 9.17) is 11.5 Å². The number of hydrogen-bond donors (Lipinski definition) is 3. The summed E-state index contributed by atoms with van der Waals surface area (Å²) in [6, 6.07) is 2.78. The number of nitrogens with two attached hydrogens (primary N) is 2. The molecule has 1 aromatic rings. The van der Waals surface area contributed by atoms with Gasteiger partial charge < -0.3 is 16.6 Å². The van der Waals surface area contributed by atoms with Gasteiger partial charge in [-0.2, -0.15) is 0 Å². The van der Waals surface area contributed by atoms with Gasteiger partial charge in [0.15, 0.2) is 0 Å². The van der Waals surface area contributed by atoms with Gasteiger partial charge in [-0.3, -0.25) is 0 Å². The predicted molar refractivity (Wildman–Crippen MR) is 43.2 cm³/mol. The van der Waals surface area contributed by atoms with Crippen LogP contribution in [0.3, 0.4) is 0 Å². The van der Waals surface area contributed by atoms with Crippen LogP contribution in [0.1, 0.15) is 11.1 Å². The van der Waals surface area contributed by atoms with Crippen LogP contribution in [-0.4, -0.2) is 5.11 Å².